The van der Waals surface area contributed by atoms with Crippen molar-refractivity contribution in [3.63, 3.8) is 0 Å². The molecule has 5 aliphatic heterocycles. The lowest BCUT2D eigenvalue weighted by Gasteiger charge is -2.40. The minimum absolute atomic E-state index is 0.131. The summed E-state index contributed by atoms with van der Waals surface area (Å²) in [6.45, 7) is 11.6. The number of amides is 3. The molecule has 5 aliphatic rings. The molecule has 5 saturated heterocycles. The van der Waals surface area contributed by atoms with Crippen LogP contribution in [0.3, 0.4) is 0 Å². The average molecular weight is 778 g/mol. The fourth-order valence-corrected chi connectivity index (χ4v) is 9.81. The normalized spacial score (nSPS) is 23.3. The number of aromatic nitrogens is 1. The number of imide groups is 1. The van der Waals surface area contributed by atoms with Gasteiger partial charge in [0.05, 0.1) is 10.6 Å². The number of piperidine rings is 3. The van der Waals surface area contributed by atoms with Crippen LogP contribution < -0.4 is 25.3 Å². The third-order valence-corrected chi connectivity index (χ3v) is 13.2. The van der Waals surface area contributed by atoms with Crippen LogP contribution in [-0.4, -0.2) is 110 Å². The van der Waals surface area contributed by atoms with Gasteiger partial charge in [0.25, 0.3) is 5.91 Å². The van der Waals surface area contributed by atoms with Gasteiger partial charge in [-0.2, -0.15) is 5.26 Å². The fraction of sp³-hybridized carbons (Fsp3) is 0.512. The molecule has 13 heteroatoms. The van der Waals surface area contributed by atoms with E-state index in [2.05, 4.69) is 60.3 Å². The molecule has 2 aromatic carbocycles. The van der Waals surface area contributed by atoms with Crippen molar-refractivity contribution in [3.8, 4) is 6.07 Å². The molecule has 3 amide bonds. The van der Waals surface area contributed by atoms with Gasteiger partial charge in [-0.15, -0.1) is 0 Å². The van der Waals surface area contributed by atoms with Crippen LogP contribution in [0.2, 0.25) is 5.02 Å². The molecular formula is C43H52ClN9O3. The summed E-state index contributed by atoms with van der Waals surface area (Å²) in [6.07, 6.45) is 8.04. The fourth-order valence-electron chi connectivity index (χ4n) is 9.59. The summed E-state index contributed by atoms with van der Waals surface area (Å²) in [5.74, 6) is 1.11. The molecule has 0 bridgehead atoms. The van der Waals surface area contributed by atoms with E-state index in [1.54, 1.807) is 6.20 Å². The van der Waals surface area contributed by atoms with Crippen molar-refractivity contribution in [3.05, 3.63) is 76.9 Å². The second-order valence-corrected chi connectivity index (χ2v) is 17.0. The van der Waals surface area contributed by atoms with E-state index in [-0.39, 0.29) is 23.1 Å². The van der Waals surface area contributed by atoms with Crippen LogP contribution in [0.15, 0.2) is 60.8 Å². The van der Waals surface area contributed by atoms with Crippen LogP contribution in [-0.2, 0) is 9.59 Å². The summed E-state index contributed by atoms with van der Waals surface area (Å²) in [4.78, 5) is 53.7. The van der Waals surface area contributed by atoms with Gasteiger partial charge in [0.1, 0.15) is 17.9 Å². The van der Waals surface area contributed by atoms with Gasteiger partial charge in [-0.05, 0) is 105 Å². The summed E-state index contributed by atoms with van der Waals surface area (Å²) in [5, 5.41) is 15.5. The van der Waals surface area contributed by atoms with Gasteiger partial charge < -0.3 is 24.9 Å². The van der Waals surface area contributed by atoms with Gasteiger partial charge in [-0.3, -0.25) is 24.6 Å². The molecule has 3 aromatic rings. The molecule has 1 aromatic heterocycles. The highest BCUT2D eigenvalue weighted by molar-refractivity contribution is 6.32. The maximum Gasteiger partial charge on any atom is 0.253 e. The number of nitrogens with one attached hydrogen (secondary N) is 2. The quantitative estimate of drug-likeness (QED) is 0.288. The second-order valence-electron chi connectivity index (χ2n) is 16.6. The largest absolute Gasteiger partial charge is 0.374 e. The molecule has 2 atom stereocenters. The van der Waals surface area contributed by atoms with E-state index in [9.17, 15) is 19.6 Å². The number of hydrogen-bond donors (Lipinski definition) is 2. The number of anilines is 4. The highest BCUT2D eigenvalue weighted by Crippen LogP contribution is 2.46. The third-order valence-electron chi connectivity index (χ3n) is 12.9. The van der Waals surface area contributed by atoms with Gasteiger partial charge in [0, 0.05) is 113 Å². The number of hydrogen-bond acceptors (Lipinski definition) is 10. The molecule has 0 saturated carbocycles. The zero-order valence-corrected chi connectivity index (χ0v) is 33.0. The zero-order chi connectivity index (χ0) is 38.8. The maximum atomic E-state index is 13.5. The molecule has 2 N–H and O–H groups in total. The lowest BCUT2D eigenvalue weighted by Crippen LogP contribution is -2.49. The topological polar surface area (TPSA) is 128 Å². The Hall–Kier alpha value is -4.86. The molecule has 8 rings (SSSR count). The number of carbonyl (C=O) groups is 3. The predicted molar refractivity (Wildman–Crippen MR) is 219 cm³/mol. The summed E-state index contributed by atoms with van der Waals surface area (Å²) in [5.41, 5.74) is 4.67. The molecule has 6 heterocycles. The van der Waals surface area contributed by atoms with Crippen molar-refractivity contribution in [2.45, 2.75) is 64.0 Å². The van der Waals surface area contributed by atoms with Crippen LogP contribution >= 0.6 is 11.6 Å². The molecule has 0 aliphatic carbocycles. The monoisotopic (exact) mass is 777 g/mol. The number of carbonyl (C=O) groups excluding carboxylic acids is 3. The van der Waals surface area contributed by atoms with Gasteiger partial charge >= 0.3 is 0 Å². The lowest BCUT2D eigenvalue weighted by atomic mass is 9.76. The van der Waals surface area contributed by atoms with Crippen molar-refractivity contribution in [1.82, 2.24) is 20.1 Å². The van der Waals surface area contributed by atoms with Gasteiger partial charge in [0.2, 0.25) is 11.8 Å². The zero-order valence-electron chi connectivity index (χ0n) is 32.3. The predicted octanol–water partition coefficient (Wildman–Crippen LogP) is 5.38. The SMILES string of the molecule is C[C@H]1CC2(CCN(c3ccc(C(=O)N4CCC(CN5CCN(c6cc(NC7CCC(=O)NC7=O)ccn6)CC5)CC4)cc3)CC2)CN1c1ccc(C#N)c(Cl)c1. The molecular weight excluding hydrogens is 726 g/mol. The number of halogens is 1. The Morgan fingerprint density at radius 3 is 2.36 bits per heavy atom. The standard InChI is InChI=1S/C43H52ClN9O3/c1-30-26-43(29-53(30)36-7-4-33(27-45)37(44)25-36)13-18-50(19-14-43)35-5-2-32(3-6-35)42(56)52-16-11-31(12-17-52)28-49-20-22-51(23-21-49)39-24-34(10-15-46-39)47-38-8-9-40(54)48-41(38)55/h2-7,10,15,24-25,30-31,38H,8-9,11-14,16-23,26,28-29H2,1H3,(H,46,47)(H,48,54,55)/t30-,38?/m0/s1. The maximum absolute atomic E-state index is 13.5. The second kappa shape index (κ2) is 16.3. The molecule has 294 valence electrons. The Bertz CT molecular complexity index is 1960. The van der Waals surface area contributed by atoms with E-state index in [0.717, 1.165) is 120 Å². The average Bonchev–Trinajstić information content (AvgIpc) is 3.54. The Kier molecular flexibility index (Phi) is 11.1. The van der Waals surface area contributed by atoms with Crippen LogP contribution in [0.5, 0.6) is 0 Å². The van der Waals surface area contributed by atoms with E-state index >= 15 is 0 Å². The summed E-state index contributed by atoms with van der Waals surface area (Å²) < 4.78 is 0. The van der Waals surface area contributed by atoms with Gasteiger partial charge in [-0.1, -0.05) is 11.6 Å². The third kappa shape index (κ3) is 8.30. The Morgan fingerprint density at radius 2 is 1.66 bits per heavy atom. The summed E-state index contributed by atoms with van der Waals surface area (Å²) in [7, 11) is 0. The highest BCUT2D eigenvalue weighted by Gasteiger charge is 2.44. The first-order chi connectivity index (χ1) is 27.1. The number of likely N-dealkylation sites (tertiary alicyclic amines) is 1. The van der Waals surface area contributed by atoms with Gasteiger partial charge in [-0.25, -0.2) is 4.98 Å². The Morgan fingerprint density at radius 1 is 0.929 bits per heavy atom. The Labute approximate surface area is 334 Å². The van der Waals surface area contributed by atoms with Crippen molar-refractivity contribution in [2.24, 2.45) is 11.3 Å². The first-order valence-electron chi connectivity index (χ1n) is 20.3. The van der Waals surface area contributed by atoms with Crippen molar-refractivity contribution in [2.75, 3.05) is 85.5 Å². The van der Waals surface area contributed by atoms with Gasteiger partial charge in [0.15, 0.2) is 0 Å². The molecule has 5 fully saturated rings. The van der Waals surface area contributed by atoms with E-state index in [0.29, 0.717) is 35.4 Å². The minimum atomic E-state index is -0.417. The minimum Gasteiger partial charge on any atom is -0.374 e. The summed E-state index contributed by atoms with van der Waals surface area (Å²) >= 11 is 6.38. The van der Waals surface area contributed by atoms with Crippen molar-refractivity contribution < 1.29 is 14.4 Å². The number of piperazine rings is 1. The van der Waals surface area contributed by atoms with Crippen LogP contribution in [0.25, 0.3) is 0 Å². The van der Waals surface area contributed by atoms with E-state index in [1.807, 2.05) is 47.4 Å². The molecule has 1 unspecified atom stereocenters. The first-order valence-corrected chi connectivity index (χ1v) is 20.7. The van der Waals surface area contributed by atoms with Crippen molar-refractivity contribution >= 4 is 52.2 Å². The van der Waals surface area contributed by atoms with Crippen LogP contribution in [0.4, 0.5) is 22.9 Å². The smallest absolute Gasteiger partial charge is 0.253 e. The Balaban J connectivity index is 0.762. The number of nitriles is 1. The molecule has 12 nitrogen and oxygen atoms in total. The van der Waals surface area contributed by atoms with Crippen LogP contribution in [0, 0.1) is 22.7 Å². The number of nitrogens with zero attached hydrogens (tertiary/aromatic N) is 7. The highest BCUT2D eigenvalue weighted by atomic mass is 35.5. The molecule has 0 radical (unpaired) electrons. The number of pyridine rings is 1. The lowest BCUT2D eigenvalue weighted by molar-refractivity contribution is -0.133. The van der Waals surface area contributed by atoms with Crippen LogP contribution in [0.1, 0.15) is 67.8 Å². The summed E-state index contributed by atoms with van der Waals surface area (Å²) in [6, 6.07) is 20.1. The van der Waals surface area contributed by atoms with Crippen molar-refractivity contribution in [1.29, 1.82) is 5.26 Å². The molecule has 1 spiro atoms. The molecule has 56 heavy (non-hydrogen) atoms. The van der Waals surface area contributed by atoms with E-state index in [1.165, 1.54) is 5.69 Å². The van der Waals surface area contributed by atoms with E-state index in [4.69, 9.17) is 11.6 Å². The van der Waals surface area contributed by atoms with E-state index < -0.39 is 6.04 Å². The number of rotatable bonds is 8. The number of benzene rings is 2. The first kappa shape index (κ1) is 38.0.